The van der Waals surface area contributed by atoms with Crippen LogP contribution in [0.3, 0.4) is 0 Å². The lowest BCUT2D eigenvalue weighted by Crippen LogP contribution is -2.53. The van der Waals surface area contributed by atoms with E-state index in [9.17, 15) is 14.3 Å². The lowest BCUT2D eigenvalue weighted by molar-refractivity contribution is -0.140. The molecule has 2 aromatic heterocycles. The summed E-state index contributed by atoms with van der Waals surface area (Å²) in [6.45, 7) is 6.96. The van der Waals surface area contributed by atoms with Crippen LogP contribution in [0.25, 0.3) is 21.8 Å². The van der Waals surface area contributed by atoms with Crippen LogP contribution < -0.4 is 0 Å². The van der Waals surface area contributed by atoms with Crippen LogP contribution in [0.15, 0.2) is 35.8 Å². The summed E-state index contributed by atoms with van der Waals surface area (Å²) in [6.07, 6.45) is 1.58. The van der Waals surface area contributed by atoms with E-state index in [2.05, 4.69) is 30.9 Å². The fourth-order valence-corrected chi connectivity index (χ4v) is 4.17. The summed E-state index contributed by atoms with van der Waals surface area (Å²) in [5.41, 5.74) is 3.02. The van der Waals surface area contributed by atoms with Crippen LogP contribution in [0.4, 0.5) is 4.39 Å². The molecule has 0 spiro atoms. The third-order valence-corrected chi connectivity index (χ3v) is 5.78. The number of carbonyl (C=O) groups is 1. The van der Waals surface area contributed by atoms with Gasteiger partial charge < -0.3 is 10.0 Å². The topological polar surface area (TPSA) is 71.2 Å². The lowest BCUT2D eigenvalue weighted by atomic mass is 10.0. The number of aliphatic hydroxyl groups excluding tert-OH is 1. The molecule has 6 nitrogen and oxygen atoms in total. The van der Waals surface area contributed by atoms with Gasteiger partial charge in [0.05, 0.1) is 41.2 Å². The number of nitrogens with zero attached hydrogens (tertiary/aromatic N) is 4. The molecule has 0 saturated carbocycles. The van der Waals surface area contributed by atoms with Gasteiger partial charge in [-0.3, -0.25) is 9.48 Å². The quantitative estimate of drug-likeness (QED) is 0.711. The molecule has 4 rings (SSSR count). The Morgan fingerprint density at radius 2 is 1.97 bits per heavy atom. The van der Waals surface area contributed by atoms with E-state index in [1.165, 1.54) is 23.5 Å². The number of β-amino-alcohol motifs (C(OH)–C–C–N with tert-alkyl or cyclic N) is 1. The zero-order valence-electron chi connectivity index (χ0n) is 16.6. The van der Waals surface area contributed by atoms with Gasteiger partial charge in [0.2, 0.25) is 5.91 Å². The first kappa shape index (κ1) is 19.7. The SMILES string of the molecule is CC(C)(C)n1ncc(-c2nc(CC(=O)N3CC(O)C3)cs2)c1-c1ccc(F)cc1. The fourth-order valence-electron chi connectivity index (χ4n) is 3.34. The van der Waals surface area contributed by atoms with Gasteiger partial charge in [0.1, 0.15) is 10.8 Å². The fraction of sp³-hybridized carbons (Fsp3) is 0.381. The molecule has 0 radical (unpaired) electrons. The maximum Gasteiger partial charge on any atom is 0.228 e. The summed E-state index contributed by atoms with van der Waals surface area (Å²) < 4.78 is 15.4. The molecule has 8 heteroatoms. The van der Waals surface area contributed by atoms with E-state index < -0.39 is 6.10 Å². The van der Waals surface area contributed by atoms with Crippen LogP contribution in [0.1, 0.15) is 26.5 Å². The van der Waals surface area contributed by atoms with Gasteiger partial charge in [0, 0.05) is 24.0 Å². The number of thiazole rings is 1. The van der Waals surface area contributed by atoms with Crippen LogP contribution in [-0.2, 0) is 16.8 Å². The van der Waals surface area contributed by atoms with E-state index in [0.717, 1.165) is 21.8 Å². The minimum Gasteiger partial charge on any atom is -0.389 e. The summed E-state index contributed by atoms with van der Waals surface area (Å²) in [6, 6.07) is 6.36. The Morgan fingerprint density at radius 3 is 2.59 bits per heavy atom. The number of amides is 1. The first-order chi connectivity index (χ1) is 13.7. The zero-order valence-corrected chi connectivity index (χ0v) is 17.4. The van der Waals surface area contributed by atoms with Crippen molar-refractivity contribution in [1.29, 1.82) is 0 Å². The molecule has 1 saturated heterocycles. The van der Waals surface area contributed by atoms with Crippen molar-refractivity contribution < 1.29 is 14.3 Å². The van der Waals surface area contributed by atoms with E-state index in [1.807, 2.05) is 10.1 Å². The number of hydrogen-bond donors (Lipinski definition) is 1. The summed E-state index contributed by atoms with van der Waals surface area (Å²) in [5.74, 6) is -0.320. The molecule has 29 heavy (non-hydrogen) atoms. The van der Waals surface area contributed by atoms with Crippen molar-refractivity contribution in [3.05, 3.63) is 47.4 Å². The normalized spacial score (nSPS) is 14.9. The van der Waals surface area contributed by atoms with Gasteiger partial charge in [0.15, 0.2) is 0 Å². The predicted molar refractivity (Wildman–Crippen MR) is 110 cm³/mol. The summed E-state index contributed by atoms with van der Waals surface area (Å²) >= 11 is 1.46. The Bertz CT molecular complexity index is 1030. The molecule has 1 aliphatic heterocycles. The number of halogens is 1. The highest BCUT2D eigenvalue weighted by Gasteiger charge is 2.29. The molecular formula is C21H23FN4O2S. The Kier molecular flexibility index (Phi) is 5.00. The number of rotatable bonds is 4. The molecule has 1 N–H and O–H groups in total. The molecule has 152 valence electrons. The van der Waals surface area contributed by atoms with Crippen molar-refractivity contribution in [3.63, 3.8) is 0 Å². The third-order valence-electron chi connectivity index (χ3n) is 4.85. The highest BCUT2D eigenvalue weighted by atomic mass is 32.1. The molecule has 1 aliphatic rings. The van der Waals surface area contributed by atoms with Gasteiger partial charge in [-0.25, -0.2) is 9.37 Å². The summed E-state index contributed by atoms with van der Waals surface area (Å²) in [4.78, 5) is 18.6. The van der Waals surface area contributed by atoms with Crippen molar-refractivity contribution in [2.24, 2.45) is 0 Å². The van der Waals surface area contributed by atoms with E-state index in [4.69, 9.17) is 0 Å². The van der Waals surface area contributed by atoms with E-state index in [1.54, 1.807) is 23.2 Å². The molecule has 3 aromatic rings. The van der Waals surface area contributed by atoms with Gasteiger partial charge in [-0.1, -0.05) is 0 Å². The maximum atomic E-state index is 13.5. The second-order valence-corrected chi connectivity index (χ2v) is 9.13. The standard InChI is InChI=1S/C21H23FN4O2S/c1-21(2,3)26-19(13-4-6-14(22)7-5-13)17(9-23-26)20-24-15(12-29-20)8-18(28)25-10-16(27)11-25/h4-7,9,12,16,27H,8,10-11H2,1-3H3. The molecule has 0 aliphatic carbocycles. The number of likely N-dealkylation sites (tertiary alicyclic amines) is 1. The number of aromatic nitrogens is 3. The van der Waals surface area contributed by atoms with Gasteiger partial charge in [0.25, 0.3) is 0 Å². The molecular weight excluding hydrogens is 391 g/mol. The van der Waals surface area contributed by atoms with Gasteiger partial charge in [-0.15, -0.1) is 11.3 Å². The van der Waals surface area contributed by atoms with E-state index in [-0.39, 0.29) is 23.7 Å². The highest BCUT2D eigenvalue weighted by molar-refractivity contribution is 7.13. The molecule has 1 fully saturated rings. The lowest BCUT2D eigenvalue weighted by Gasteiger charge is -2.35. The van der Waals surface area contributed by atoms with Gasteiger partial charge >= 0.3 is 0 Å². The first-order valence-electron chi connectivity index (χ1n) is 9.47. The Morgan fingerprint density at radius 1 is 1.28 bits per heavy atom. The number of benzene rings is 1. The van der Waals surface area contributed by atoms with Crippen molar-refractivity contribution in [1.82, 2.24) is 19.7 Å². The molecule has 1 aromatic carbocycles. The predicted octanol–water partition coefficient (Wildman–Crippen LogP) is 3.31. The molecule has 0 unspecified atom stereocenters. The van der Waals surface area contributed by atoms with Crippen LogP contribution in [-0.4, -0.2) is 49.9 Å². The van der Waals surface area contributed by atoms with Crippen LogP contribution >= 0.6 is 11.3 Å². The number of hydrogen-bond acceptors (Lipinski definition) is 5. The zero-order chi connectivity index (χ0) is 20.8. The van der Waals surface area contributed by atoms with Gasteiger partial charge in [-0.2, -0.15) is 5.10 Å². The Balaban J connectivity index is 1.67. The maximum absolute atomic E-state index is 13.5. The number of carbonyl (C=O) groups excluding carboxylic acids is 1. The van der Waals surface area contributed by atoms with Crippen LogP contribution in [0.2, 0.25) is 0 Å². The Labute approximate surface area is 172 Å². The second-order valence-electron chi connectivity index (χ2n) is 8.27. The Hall–Kier alpha value is -2.58. The smallest absolute Gasteiger partial charge is 0.228 e. The van der Waals surface area contributed by atoms with Crippen LogP contribution in [0.5, 0.6) is 0 Å². The summed E-state index contributed by atoms with van der Waals surface area (Å²) in [7, 11) is 0. The molecule has 0 bridgehead atoms. The average Bonchev–Trinajstić information content (AvgIpc) is 3.26. The van der Waals surface area contributed by atoms with Crippen molar-refractivity contribution in [3.8, 4) is 21.8 Å². The average molecular weight is 415 g/mol. The largest absolute Gasteiger partial charge is 0.389 e. The highest BCUT2D eigenvalue weighted by Crippen LogP contribution is 2.36. The van der Waals surface area contributed by atoms with E-state index in [0.29, 0.717) is 18.8 Å². The second kappa shape index (κ2) is 7.35. The molecule has 0 atom stereocenters. The molecule has 1 amide bonds. The van der Waals surface area contributed by atoms with Crippen molar-refractivity contribution in [2.75, 3.05) is 13.1 Å². The monoisotopic (exact) mass is 414 g/mol. The first-order valence-corrected chi connectivity index (χ1v) is 10.4. The number of aliphatic hydroxyl groups is 1. The minimum atomic E-state index is -0.411. The van der Waals surface area contributed by atoms with Crippen molar-refractivity contribution in [2.45, 2.75) is 38.8 Å². The van der Waals surface area contributed by atoms with E-state index >= 15 is 0 Å². The van der Waals surface area contributed by atoms with Gasteiger partial charge in [-0.05, 0) is 45.0 Å². The third kappa shape index (κ3) is 3.95. The summed E-state index contributed by atoms with van der Waals surface area (Å²) in [5, 5.41) is 16.6. The van der Waals surface area contributed by atoms with Crippen molar-refractivity contribution >= 4 is 17.2 Å². The van der Waals surface area contributed by atoms with Crippen LogP contribution in [0, 0.1) is 5.82 Å². The minimum absolute atomic E-state index is 0.0312. The molecule has 3 heterocycles.